The van der Waals surface area contributed by atoms with Crippen LogP contribution in [0.2, 0.25) is 0 Å². The second kappa shape index (κ2) is 7.87. The molecule has 3 fully saturated rings. The van der Waals surface area contributed by atoms with Crippen LogP contribution in [0.1, 0.15) is 36.3 Å². The summed E-state index contributed by atoms with van der Waals surface area (Å²) in [7, 11) is 0. The molecule has 8 heteroatoms. The zero-order valence-corrected chi connectivity index (χ0v) is 16.6. The molecule has 0 radical (unpaired) electrons. The van der Waals surface area contributed by atoms with Crippen LogP contribution in [0, 0.1) is 5.82 Å². The minimum absolute atomic E-state index is 0.00739. The molecule has 29 heavy (non-hydrogen) atoms. The summed E-state index contributed by atoms with van der Waals surface area (Å²) in [5.41, 5.74) is 1.72. The molecule has 4 heterocycles. The van der Waals surface area contributed by atoms with Crippen LogP contribution in [-0.4, -0.2) is 58.3 Å². The summed E-state index contributed by atoms with van der Waals surface area (Å²) in [6.07, 6.45) is 2.95. The van der Waals surface area contributed by atoms with Gasteiger partial charge in [-0.15, -0.1) is 0 Å². The quantitative estimate of drug-likeness (QED) is 0.754. The number of nitrogens with one attached hydrogen (secondary N) is 1. The van der Waals surface area contributed by atoms with Crippen LogP contribution in [0.5, 0.6) is 0 Å². The number of fused-ring (bicyclic) bond motifs is 2. The van der Waals surface area contributed by atoms with Gasteiger partial charge in [-0.3, -0.25) is 14.5 Å². The Labute approximate surface area is 168 Å². The number of ketones is 1. The van der Waals surface area contributed by atoms with Crippen molar-refractivity contribution in [2.45, 2.75) is 38.8 Å². The van der Waals surface area contributed by atoms with E-state index < -0.39 is 0 Å². The van der Waals surface area contributed by atoms with Gasteiger partial charge in [-0.25, -0.2) is 14.4 Å². The Bertz CT molecular complexity index is 921. The smallest absolute Gasteiger partial charge is 0.238 e. The zero-order chi connectivity index (χ0) is 20.5. The van der Waals surface area contributed by atoms with Crippen LogP contribution in [0.3, 0.4) is 0 Å². The van der Waals surface area contributed by atoms with Crippen molar-refractivity contribution >= 4 is 23.2 Å². The van der Waals surface area contributed by atoms with E-state index in [1.165, 1.54) is 13.3 Å². The van der Waals surface area contributed by atoms with Crippen LogP contribution >= 0.6 is 0 Å². The highest BCUT2D eigenvalue weighted by Gasteiger charge is 2.46. The minimum atomic E-state index is -0.338. The fourth-order valence-electron chi connectivity index (χ4n) is 4.14. The summed E-state index contributed by atoms with van der Waals surface area (Å²) in [6.45, 7) is 4.97. The number of hydrogen-bond acceptors (Lipinski definition) is 6. The molecule has 3 aliphatic rings. The number of halogens is 1. The number of amides is 1. The van der Waals surface area contributed by atoms with Gasteiger partial charge in [0.1, 0.15) is 6.33 Å². The summed E-state index contributed by atoms with van der Waals surface area (Å²) < 4.78 is 14.6. The molecule has 2 atom stereocenters. The summed E-state index contributed by atoms with van der Waals surface area (Å²) >= 11 is 0. The summed E-state index contributed by atoms with van der Waals surface area (Å²) in [6, 6.07) is 7.29. The molecule has 0 spiro atoms. The number of aryl methyl sites for hydroxylation is 1. The highest BCUT2D eigenvalue weighted by molar-refractivity contribution is 5.96. The lowest BCUT2D eigenvalue weighted by Gasteiger charge is -2.56. The van der Waals surface area contributed by atoms with E-state index in [2.05, 4.69) is 20.2 Å². The highest BCUT2D eigenvalue weighted by Crippen LogP contribution is 2.34. The molecule has 7 nitrogen and oxygen atoms in total. The molecular weight excluding hydrogens is 373 g/mol. The molecule has 0 saturated carbocycles. The number of nitrogens with zero attached hydrogens (tertiary/aromatic N) is 4. The van der Waals surface area contributed by atoms with Crippen molar-refractivity contribution in [2.75, 3.05) is 29.9 Å². The number of piperidine rings is 1. The SMILES string of the molecule is CCc1ncnc(N2CC3CC(C2)N3CC(=O)Nc2ccc(C(C)=O)cc2)c1F. The fraction of sp³-hybridized carbons (Fsp3) is 0.429. The van der Waals surface area contributed by atoms with Gasteiger partial charge >= 0.3 is 0 Å². The predicted molar refractivity (Wildman–Crippen MR) is 108 cm³/mol. The maximum Gasteiger partial charge on any atom is 0.238 e. The van der Waals surface area contributed by atoms with Crippen molar-refractivity contribution in [3.63, 3.8) is 0 Å². The van der Waals surface area contributed by atoms with E-state index in [1.807, 2.05) is 11.8 Å². The second-order valence-corrected chi connectivity index (χ2v) is 7.61. The first kappa shape index (κ1) is 19.4. The van der Waals surface area contributed by atoms with E-state index in [9.17, 15) is 14.0 Å². The summed E-state index contributed by atoms with van der Waals surface area (Å²) in [5.74, 6) is -0.0759. The Morgan fingerprint density at radius 1 is 1.17 bits per heavy atom. The minimum Gasteiger partial charge on any atom is -0.351 e. The van der Waals surface area contributed by atoms with E-state index in [-0.39, 0.29) is 29.6 Å². The Morgan fingerprint density at radius 2 is 1.86 bits per heavy atom. The monoisotopic (exact) mass is 397 g/mol. The van der Waals surface area contributed by atoms with Crippen molar-refractivity contribution in [3.8, 4) is 0 Å². The first-order valence-electron chi connectivity index (χ1n) is 9.87. The van der Waals surface area contributed by atoms with Crippen LogP contribution in [0.25, 0.3) is 0 Å². The summed E-state index contributed by atoms with van der Waals surface area (Å²) in [4.78, 5) is 36.0. The first-order valence-corrected chi connectivity index (χ1v) is 9.87. The molecule has 152 valence electrons. The lowest BCUT2D eigenvalue weighted by Crippen LogP contribution is -2.70. The molecule has 3 aliphatic heterocycles. The highest BCUT2D eigenvalue weighted by atomic mass is 19.1. The zero-order valence-electron chi connectivity index (χ0n) is 16.6. The van der Waals surface area contributed by atoms with Gasteiger partial charge in [-0.05, 0) is 44.0 Å². The first-order chi connectivity index (χ1) is 14.0. The van der Waals surface area contributed by atoms with Crippen molar-refractivity contribution in [1.29, 1.82) is 0 Å². The van der Waals surface area contributed by atoms with Crippen LogP contribution < -0.4 is 10.2 Å². The molecule has 1 aromatic heterocycles. The topological polar surface area (TPSA) is 78.4 Å². The van der Waals surface area contributed by atoms with E-state index in [1.54, 1.807) is 24.3 Å². The number of carbonyl (C=O) groups is 2. The third kappa shape index (κ3) is 3.85. The van der Waals surface area contributed by atoms with Crippen molar-refractivity contribution in [2.24, 2.45) is 0 Å². The van der Waals surface area contributed by atoms with Crippen molar-refractivity contribution in [3.05, 3.63) is 47.7 Å². The number of carbonyl (C=O) groups excluding carboxylic acids is 2. The molecule has 1 aromatic carbocycles. The Balaban J connectivity index is 1.35. The number of hydrogen-bond donors (Lipinski definition) is 1. The molecule has 5 rings (SSSR count). The van der Waals surface area contributed by atoms with Crippen LogP contribution in [-0.2, 0) is 11.2 Å². The number of anilines is 2. The van der Waals surface area contributed by atoms with Gasteiger partial charge in [-0.1, -0.05) is 6.92 Å². The number of benzene rings is 1. The van der Waals surface area contributed by atoms with E-state index in [0.717, 1.165) is 6.42 Å². The average Bonchev–Trinajstić information content (AvgIpc) is 2.72. The maximum atomic E-state index is 14.6. The van der Waals surface area contributed by atoms with Gasteiger partial charge in [0.25, 0.3) is 0 Å². The van der Waals surface area contributed by atoms with Gasteiger partial charge in [-0.2, -0.15) is 0 Å². The third-order valence-electron chi connectivity index (χ3n) is 5.72. The van der Waals surface area contributed by atoms with Crippen molar-refractivity contribution < 1.29 is 14.0 Å². The number of aromatic nitrogens is 2. The van der Waals surface area contributed by atoms with Gasteiger partial charge in [0.05, 0.1) is 12.2 Å². The van der Waals surface area contributed by atoms with E-state index in [4.69, 9.17) is 0 Å². The third-order valence-corrected chi connectivity index (χ3v) is 5.72. The Morgan fingerprint density at radius 3 is 2.48 bits per heavy atom. The van der Waals surface area contributed by atoms with E-state index >= 15 is 0 Å². The van der Waals surface area contributed by atoms with Crippen LogP contribution in [0.4, 0.5) is 15.9 Å². The Hall–Kier alpha value is -2.87. The van der Waals surface area contributed by atoms with Crippen LogP contribution in [0.15, 0.2) is 30.6 Å². The maximum absolute atomic E-state index is 14.6. The molecule has 3 saturated heterocycles. The van der Waals surface area contributed by atoms with Crippen molar-refractivity contribution in [1.82, 2.24) is 14.9 Å². The lowest BCUT2D eigenvalue weighted by atomic mass is 9.87. The lowest BCUT2D eigenvalue weighted by molar-refractivity contribution is -0.121. The molecule has 2 unspecified atom stereocenters. The molecule has 0 aliphatic carbocycles. The molecular formula is C21H24FN5O2. The van der Waals surface area contributed by atoms with Gasteiger partial charge in [0.15, 0.2) is 17.4 Å². The molecule has 1 N–H and O–H groups in total. The molecule has 2 aromatic rings. The van der Waals surface area contributed by atoms with Gasteiger partial charge in [0, 0.05) is 36.4 Å². The largest absolute Gasteiger partial charge is 0.351 e. The fourth-order valence-corrected chi connectivity index (χ4v) is 4.14. The molecule has 2 bridgehead atoms. The number of rotatable bonds is 6. The Kier molecular flexibility index (Phi) is 5.27. The predicted octanol–water partition coefficient (Wildman–Crippen LogP) is 2.28. The van der Waals surface area contributed by atoms with Gasteiger partial charge < -0.3 is 10.2 Å². The standard InChI is InChI=1S/C21H24FN5O2/c1-3-18-20(22)21(24-12-23-18)26-9-16-8-17(10-26)27(16)11-19(29)25-15-6-4-14(5-7-15)13(2)28/h4-7,12,16-17H,3,8-11H2,1-2H3,(H,25,29). The average molecular weight is 397 g/mol. The number of piperazine rings is 1. The van der Waals surface area contributed by atoms with Gasteiger partial charge in [0.2, 0.25) is 5.91 Å². The second-order valence-electron chi connectivity index (χ2n) is 7.61. The number of Topliss-reactive ketones (excluding diaryl/α,β-unsaturated/α-hetero) is 1. The van der Waals surface area contributed by atoms with E-state index in [0.29, 0.717) is 48.8 Å². The normalized spacial score (nSPS) is 20.9. The molecule has 1 amide bonds. The summed E-state index contributed by atoms with van der Waals surface area (Å²) in [5, 5.41) is 2.88.